The fourth-order valence-electron chi connectivity index (χ4n) is 1.98. The Labute approximate surface area is 106 Å². The summed E-state index contributed by atoms with van der Waals surface area (Å²) in [7, 11) is 4.73. The third-order valence-corrected chi connectivity index (χ3v) is 3.05. The first-order valence-electron chi connectivity index (χ1n) is 5.76. The molecule has 1 amide bonds. The molecule has 0 saturated carbocycles. The number of methoxy groups -OCH3 is 3. The summed E-state index contributed by atoms with van der Waals surface area (Å²) in [5.74, 6) is 1.97. The summed E-state index contributed by atoms with van der Waals surface area (Å²) in [5.41, 5.74) is 0.970. The maximum atomic E-state index is 11.3. The van der Waals surface area contributed by atoms with E-state index >= 15 is 0 Å². The van der Waals surface area contributed by atoms with Crippen molar-refractivity contribution in [2.45, 2.75) is 13.0 Å². The van der Waals surface area contributed by atoms with Crippen LogP contribution < -0.4 is 14.2 Å². The number of nitrogens with zero attached hydrogens (tertiary/aromatic N) is 1. The molecule has 5 heteroatoms. The lowest BCUT2D eigenvalue weighted by Gasteiger charge is -2.31. The number of ether oxygens (including phenoxy) is 3. The lowest BCUT2D eigenvalue weighted by molar-refractivity contribution is -0.140. The van der Waals surface area contributed by atoms with Gasteiger partial charge in [-0.25, -0.2) is 0 Å². The molecule has 1 aliphatic heterocycles. The quantitative estimate of drug-likeness (QED) is 0.743. The van der Waals surface area contributed by atoms with Crippen LogP contribution in [0.2, 0.25) is 0 Å². The van der Waals surface area contributed by atoms with Crippen molar-refractivity contribution in [3.05, 3.63) is 17.7 Å². The van der Waals surface area contributed by atoms with E-state index < -0.39 is 0 Å². The maximum absolute atomic E-state index is 11.3. The van der Waals surface area contributed by atoms with Crippen LogP contribution in [0.1, 0.15) is 12.0 Å². The fraction of sp³-hybridized carbons (Fsp3) is 0.462. The van der Waals surface area contributed by atoms with Crippen LogP contribution >= 0.6 is 0 Å². The number of benzene rings is 1. The van der Waals surface area contributed by atoms with Crippen LogP contribution in [0.5, 0.6) is 17.2 Å². The summed E-state index contributed by atoms with van der Waals surface area (Å²) in [6, 6.07) is 3.74. The van der Waals surface area contributed by atoms with Gasteiger partial charge in [-0.05, 0) is 17.7 Å². The van der Waals surface area contributed by atoms with E-state index in [1.807, 2.05) is 12.1 Å². The van der Waals surface area contributed by atoms with Gasteiger partial charge in [-0.3, -0.25) is 4.79 Å². The Hall–Kier alpha value is -1.91. The Bertz CT molecular complexity index is 433. The number of rotatable bonds is 5. The molecule has 0 N–H and O–H groups in total. The van der Waals surface area contributed by atoms with Crippen molar-refractivity contribution in [3.8, 4) is 17.2 Å². The first kappa shape index (κ1) is 12.5. The molecule has 0 atom stereocenters. The van der Waals surface area contributed by atoms with Crippen LogP contribution in [0.15, 0.2) is 12.1 Å². The van der Waals surface area contributed by atoms with E-state index in [0.29, 0.717) is 30.2 Å². The van der Waals surface area contributed by atoms with E-state index in [9.17, 15) is 4.79 Å². The highest BCUT2D eigenvalue weighted by Crippen LogP contribution is 2.38. The van der Waals surface area contributed by atoms with Crippen molar-refractivity contribution in [1.82, 2.24) is 4.90 Å². The van der Waals surface area contributed by atoms with E-state index in [4.69, 9.17) is 14.2 Å². The number of β-lactam (4-membered cyclic amide) rings is 1. The summed E-state index contributed by atoms with van der Waals surface area (Å²) in [5, 5.41) is 0. The molecule has 1 aromatic rings. The van der Waals surface area contributed by atoms with E-state index in [-0.39, 0.29) is 5.91 Å². The van der Waals surface area contributed by atoms with E-state index in [1.165, 1.54) is 0 Å². The highest BCUT2D eigenvalue weighted by Gasteiger charge is 2.24. The molecule has 0 aromatic heterocycles. The second-order valence-electron chi connectivity index (χ2n) is 4.10. The largest absolute Gasteiger partial charge is 0.493 e. The molecule has 1 heterocycles. The van der Waals surface area contributed by atoms with Gasteiger partial charge in [0.15, 0.2) is 11.5 Å². The number of hydrogen-bond donors (Lipinski definition) is 0. The lowest BCUT2D eigenvalue weighted by Crippen LogP contribution is -2.42. The van der Waals surface area contributed by atoms with Crippen molar-refractivity contribution in [2.24, 2.45) is 0 Å². The summed E-state index contributed by atoms with van der Waals surface area (Å²) >= 11 is 0. The molecule has 0 radical (unpaired) electrons. The Kier molecular flexibility index (Phi) is 3.60. The molecule has 1 aliphatic rings. The second-order valence-corrected chi connectivity index (χ2v) is 4.10. The highest BCUT2D eigenvalue weighted by atomic mass is 16.5. The molecular weight excluding hydrogens is 234 g/mol. The number of carbonyl (C=O) groups is 1. The highest BCUT2D eigenvalue weighted by molar-refractivity contribution is 5.81. The van der Waals surface area contributed by atoms with Crippen LogP contribution in [-0.2, 0) is 11.3 Å². The van der Waals surface area contributed by atoms with Crippen LogP contribution in [-0.4, -0.2) is 38.7 Å². The number of hydrogen-bond acceptors (Lipinski definition) is 4. The third kappa shape index (κ3) is 2.20. The minimum atomic E-state index is 0.184. The molecule has 0 bridgehead atoms. The Morgan fingerprint density at radius 1 is 1.11 bits per heavy atom. The van der Waals surface area contributed by atoms with Gasteiger partial charge in [0.2, 0.25) is 11.7 Å². The molecule has 18 heavy (non-hydrogen) atoms. The van der Waals surface area contributed by atoms with Crippen LogP contribution in [0, 0.1) is 0 Å². The number of carbonyl (C=O) groups excluding carboxylic acids is 1. The second kappa shape index (κ2) is 5.16. The number of likely N-dealkylation sites (tertiary alicyclic amines) is 1. The molecule has 98 valence electrons. The van der Waals surface area contributed by atoms with E-state index in [1.54, 1.807) is 26.2 Å². The minimum absolute atomic E-state index is 0.184. The predicted molar refractivity (Wildman–Crippen MR) is 66.1 cm³/mol. The first-order chi connectivity index (χ1) is 8.69. The average molecular weight is 251 g/mol. The monoisotopic (exact) mass is 251 g/mol. The first-order valence-corrected chi connectivity index (χ1v) is 5.76. The molecule has 0 spiro atoms. The molecule has 2 rings (SSSR count). The normalized spacial score (nSPS) is 14.2. The van der Waals surface area contributed by atoms with Crippen LogP contribution in [0.4, 0.5) is 0 Å². The number of amides is 1. The van der Waals surface area contributed by atoms with E-state index in [2.05, 4.69) is 0 Å². The van der Waals surface area contributed by atoms with Gasteiger partial charge in [0.25, 0.3) is 0 Å². The molecular formula is C13H17NO4. The Balaban J connectivity index is 2.27. The zero-order valence-electron chi connectivity index (χ0n) is 10.9. The van der Waals surface area contributed by atoms with Gasteiger partial charge in [0, 0.05) is 19.5 Å². The summed E-state index contributed by atoms with van der Waals surface area (Å²) in [6.07, 6.45) is 0.643. The van der Waals surface area contributed by atoms with E-state index in [0.717, 1.165) is 12.1 Å². The van der Waals surface area contributed by atoms with Crippen molar-refractivity contribution in [1.29, 1.82) is 0 Å². The van der Waals surface area contributed by atoms with Gasteiger partial charge in [0.05, 0.1) is 21.3 Å². The smallest absolute Gasteiger partial charge is 0.224 e. The van der Waals surface area contributed by atoms with Gasteiger partial charge < -0.3 is 19.1 Å². The molecule has 1 saturated heterocycles. The standard InChI is InChI=1S/C13H17NO4/c1-16-10-6-9(8-14-5-4-12(14)15)7-11(17-2)13(10)18-3/h6-7H,4-5,8H2,1-3H3. The van der Waals surface area contributed by atoms with Crippen molar-refractivity contribution < 1.29 is 19.0 Å². The Morgan fingerprint density at radius 3 is 2.06 bits per heavy atom. The van der Waals surface area contributed by atoms with Gasteiger partial charge >= 0.3 is 0 Å². The zero-order valence-corrected chi connectivity index (χ0v) is 10.9. The van der Waals surface area contributed by atoms with Crippen molar-refractivity contribution in [2.75, 3.05) is 27.9 Å². The zero-order chi connectivity index (χ0) is 13.1. The van der Waals surface area contributed by atoms with Gasteiger partial charge in [-0.15, -0.1) is 0 Å². The molecule has 0 aliphatic carbocycles. The van der Waals surface area contributed by atoms with Gasteiger partial charge in [-0.1, -0.05) is 0 Å². The predicted octanol–water partition coefficient (Wildman–Crippen LogP) is 1.44. The maximum Gasteiger partial charge on any atom is 0.224 e. The Morgan fingerprint density at radius 2 is 1.72 bits per heavy atom. The topological polar surface area (TPSA) is 48.0 Å². The van der Waals surface area contributed by atoms with Crippen LogP contribution in [0.3, 0.4) is 0 Å². The molecule has 1 aromatic carbocycles. The van der Waals surface area contributed by atoms with Gasteiger partial charge in [-0.2, -0.15) is 0 Å². The fourth-order valence-corrected chi connectivity index (χ4v) is 1.98. The summed E-state index contributed by atoms with van der Waals surface area (Å²) in [6.45, 7) is 1.39. The minimum Gasteiger partial charge on any atom is -0.493 e. The third-order valence-electron chi connectivity index (χ3n) is 3.05. The van der Waals surface area contributed by atoms with Crippen molar-refractivity contribution in [3.63, 3.8) is 0 Å². The summed E-state index contributed by atoms with van der Waals surface area (Å²) in [4.78, 5) is 13.1. The van der Waals surface area contributed by atoms with Gasteiger partial charge in [0.1, 0.15) is 0 Å². The molecule has 5 nitrogen and oxygen atoms in total. The molecule has 1 fully saturated rings. The van der Waals surface area contributed by atoms with Crippen molar-refractivity contribution >= 4 is 5.91 Å². The molecule has 0 unspecified atom stereocenters. The van der Waals surface area contributed by atoms with Crippen LogP contribution in [0.25, 0.3) is 0 Å². The average Bonchev–Trinajstić information content (AvgIpc) is 2.41. The SMILES string of the molecule is COc1cc(CN2CCC2=O)cc(OC)c1OC. The summed E-state index contributed by atoms with van der Waals surface area (Å²) < 4.78 is 15.8. The lowest BCUT2D eigenvalue weighted by atomic mass is 10.1.